The van der Waals surface area contributed by atoms with Crippen LogP contribution in [0.5, 0.6) is 5.75 Å². The van der Waals surface area contributed by atoms with Crippen LogP contribution in [0.4, 0.5) is 5.69 Å². The van der Waals surface area contributed by atoms with Gasteiger partial charge in [0.05, 0.1) is 6.54 Å². The van der Waals surface area contributed by atoms with Crippen molar-refractivity contribution in [2.75, 3.05) is 18.5 Å². The molecule has 1 aromatic carbocycles. The van der Waals surface area contributed by atoms with E-state index in [1.807, 2.05) is 19.2 Å². The van der Waals surface area contributed by atoms with E-state index in [1.165, 1.54) is 6.08 Å². The second-order valence-electron chi connectivity index (χ2n) is 4.00. The Morgan fingerprint density at radius 2 is 2.38 bits per heavy atom. The first kappa shape index (κ1) is 10.7. The summed E-state index contributed by atoms with van der Waals surface area (Å²) >= 11 is 0. The van der Waals surface area contributed by atoms with E-state index >= 15 is 0 Å². The van der Waals surface area contributed by atoms with Crippen LogP contribution in [-0.2, 0) is 17.8 Å². The van der Waals surface area contributed by atoms with E-state index in [1.54, 1.807) is 0 Å². The number of hydrogen-bond acceptors (Lipinski definition) is 4. The monoisotopic (exact) mass is 218 g/mol. The molecule has 0 bridgehead atoms. The molecule has 2 rings (SSSR count). The number of aliphatic imine (C=N–C) groups is 1. The number of phenols is 1. The van der Waals surface area contributed by atoms with Gasteiger partial charge in [0.15, 0.2) is 0 Å². The van der Waals surface area contributed by atoms with Crippen LogP contribution in [0.25, 0.3) is 0 Å². The molecule has 1 aliphatic heterocycles. The third-order valence-electron chi connectivity index (χ3n) is 2.99. The summed E-state index contributed by atoms with van der Waals surface area (Å²) in [6.07, 6.45) is 3.40. The maximum Gasteiger partial charge on any atom is 0.235 e. The fraction of sp³-hybridized carbons (Fsp3) is 0.417. The third kappa shape index (κ3) is 1.79. The second-order valence-corrected chi connectivity index (χ2v) is 4.00. The van der Waals surface area contributed by atoms with E-state index < -0.39 is 0 Å². The summed E-state index contributed by atoms with van der Waals surface area (Å²) in [5, 5.41) is 10.1. The summed E-state index contributed by atoms with van der Waals surface area (Å²) in [5.74, 6) is 0.281. The fourth-order valence-electron chi connectivity index (χ4n) is 2.14. The molecule has 0 radical (unpaired) electrons. The summed E-state index contributed by atoms with van der Waals surface area (Å²) in [5.41, 5.74) is 2.73. The van der Waals surface area contributed by atoms with E-state index in [2.05, 4.69) is 9.89 Å². The lowest BCUT2D eigenvalue weighted by Gasteiger charge is -2.28. The topological polar surface area (TPSA) is 52.9 Å². The maximum atomic E-state index is 10.1. The van der Waals surface area contributed by atoms with E-state index in [4.69, 9.17) is 0 Å². The van der Waals surface area contributed by atoms with Crippen molar-refractivity contribution in [3.63, 3.8) is 0 Å². The molecule has 1 aliphatic rings. The molecule has 4 nitrogen and oxygen atoms in total. The molecule has 4 heteroatoms. The highest BCUT2D eigenvalue weighted by molar-refractivity contribution is 5.62. The number of rotatable bonds is 2. The number of phenolic OH excluding ortho intramolecular Hbond substituents is 1. The summed E-state index contributed by atoms with van der Waals surface area (Å²) in [6.45, 7) is 1.21. The number of hydrogen-bond donors (Lipinski definition) is 1. The normalized spacial score (nSPS) is 14.2. The molecule has 0 unspecified atom stereocenters. The molecule has 0 fully saturated rings. The van der Waals surface area contributed by atoms with Gasteiger partial charge in [0.1, 0.15) is 5.75 Å². The number of benzene rings is 1. The van der Waals surface area contributed by atoms with Gasteiger partial charge in [-0.2, -0.15) is 0 Å². The van der Waals surface area contributed by atoms with Gasteiger partial charge in [0.25, 0.3) is 0 Å². The van der Waals surface area contributed by atoms with Crippen molar-refractivity contribution in [3.8, 4) is 5.75 Å². The number of carbonyl (C=O) groups excluding carboxylic acids is 1. The molecular weight excluding hydrogens is 204 g/mol. The number of anilines is 1. The number of aromatic hydroxyl groups is 1. The number of nitrogens with zero attached hydrogens (tertiary/aromatic N) is 2. The van der Waals surface area contributed by atoms with Crippen molar-refractivity contribution < 1.29 is 9.90 Å². The van der Waals surface area contributed by atoms with Crippen molar-refractivity contribution in [1.82, 2.24) is 0 Å². The Balaban J connectivity index is 2.42. The lowest BCUT2D eigenvalue weighted by molar-refractivity contribution is 0.458. The van der Waals surface area contributed by atoms with Gasteiger partial charge in [-0.1, -0.05) is 6.07 Å². The van der Waals surface area contributed by atoms with Gasteiger partial charge >= 0.3 is 0 Å². The molecule has 1 N–H and O–H groups in total. The predicted molar refractivity (Wildman–Crippen MR) is 61.5 cm³/mol. The molecule has 0 amide bonds. The van der Waals surface area contributed by atoms with Gasteiger partial charge < -0.3 is 10.0 Å². The maximum absolute atomic E-state index is 10.1. The van der Waals surface area contributed by atoms with Crippen molar-refractivity contribution in [1.29, 1.82) is 0 Å². The molecule has 1 aromatic rings. The first-order chi connectivity index (χ1) is 7.74. The smallest absolute Gasteiger partial charge is 0.235 e. The minimum atomic E-state index is 0.201. The predicted octanol–water partition coefficient (Wildman–Crippen LogP) is 1.61. The van der Waals surface area contributed by atoms with Gasteiger partial charge in [-0.15, -0.1) is 0 Å². The van der Waals surface area contributed by atoms with Gasteiger partial charge in [-0.3, -0.25) is 0 Å². The zero-order chi connectivity index (χ0) is 11.5. The Morgan fingerprint density at radius 3 is 3.12 bits per heavy atom. The first-order valence-corrected chi connectivity index (χ1v) is 5.32. The fourth-order valence-corrected chi connectivity index (χ4v) is 2.14. The van der Waals surface area contributed by atoms with E-state index in [0.717, 1.165) is 30.6 Å². The summed E-state index contributed by atoms with van der Waals surface area (Å²) < 4.78 is 0. The standard InChI is InChI=1S/C12H14N2O2/c1-14-6-2-3-10-11(14)5-4-9(12(10)16)7-13-8-15/h4-5,16H,2-3,6-7H2,1H3. The Hall–Kier alpha value is -1.80. The Bertz CT molecular complexity index is 451. The molecular formula is C12H14N2O2. The molecule has 0 aromatic heterocycles. The molecule has 84 valence electrons. The first-order valence-electron chi connectivity index (χ1n) is 5.32. The van der Waals surface area contributed by atoms with Crippen molar-refractivity contribution in [3.05, 3.63) is 23.3 Å². The molecule has 0 atom stereocenters. The average Bonchev–Trinajstić information content (AvgIpc) is 2.29. The molecule has 0 saturated heterocycles. The van der Waals surface area contributed by atoms with Crippen LogP contribution in [0.1, 0.15) is 17.5 Å². The van der Waals surface area contributed by atoms with E-state index in [9.17, 15) is 9.90 Å². The van der Waals surface area contributed by atoms with Gasteiger partial charge in [-0.05, 0) is 18.9 Å². The summed E-state index contributed by atoms with van der Waals surface area (Å²) in [7, 11) is 2.01. The van der Waals surface area contributed by atoms with E-state index in [0.29, 0.717) is 5.56 Å². The quantitative estimate of drug-likeness (QED) is 0.606. The van der Waals surface area contributed by atoms with Crippen LogP contribution < -0.4 is 4.90 Å². The highest BCUT2D eigenvalue weighted by Gasteiger charge is 2.18. The van der Waals surface area contributed by atoms with Crippen molar-refractivity contribution in [2.24, 2.45) is 4.99 Å². The summed E-state index contributed by atoms with van der Waals surface area (Å²) in [6, 6.07) is 3.79. The van der Waals surface area contributed by atoms with Gasteiger partial charge in [0.2, 0.25) is 6.08 Å². The Morgan fingerprint density at radius 1 is 1.56 bits per heavy atom. The molecule has 16 heavy (non-hydrogen) atoms. The van der Waals surface area contributed by atoms with Crippen LogP contribution in [0.2, 0.25) is 0 Å². The van der Waals surface area contributed by atoms with Crippen LogP contribution in [0.15, 0.2) is 17.1 Å². The zero-order valence-electron chi connectivity index (χ0n) is 9.23. The minimum Gasteiger partial charge on any atom is -0.507 e. The van der Waals surface area contributed by atoms with Crippen LogP contribution >= 0.6 is 0 Å². The second kappa shape index (κ2) is 4.37. The number of fused-ring (bicyclic) bond motifs is 1. The Labute approximate surface area is 94.2 Å². The number of isocyanates is 1. The van der Waals surface area contributed by atoms with Gasteiger partial charge in [-0.25, -0.2) is 9.79 Å². The molecule has 0 spiro atoms. The minimum absolute atomic E-state index is 0.201. The average molecular weight is 218 g/mol. The highest BCUT2D eigenvalue weighted by atomic mass is 16.3. The largest absolute Gasteiger partial charge is 0.507 e. The van der Waals surface area contributed by atoms with Crippen LogP contribution in [-0.4, -0.2) is 24.8 Å². The highest BCUT2D eigenvalue weighted by Crippen LogP contribution is 2.35. The SMILES string of the molecule is CN1CCCc2c1ccc(CN=C=O)c2O. The third-order valence-corrected chi connectivity index (χ3v) is 2.99. The van der Waals surface area contributed by atoms with Crippen molar-refractivity contribution in [2.45, 2.75) is 19.4 Å². The zero-order valence-corrected chi connectivity index (χ0v) is 9.23. The Kier molecular flexibility index (Phi) is 2.93. The summed E-state index contributed by atoms with van der Waals surface area (Å²) in [4.78, 5) is 15.7. The lowest BCUT2D eigenvalue weighted by atomic mass is 9.98. The van der Waals surface area contributed by atoms with E-state index in [-0.39, 0.29) is 12.3 Å². The molecule has 1 heterocycles. The van der Waals surface area contributed by atoms with Gasteiger partial charge in [0, 0.05) is 30.4 Å². The molecule has 0 aliphatic carbocycles. The lowest BCUT2D eigenvalue weighted by Crippen LogP contribution is -2.24. The molecule has 0 saturated carbocycles. The van der Waals surface area contributed by atoms with Crippen LogP contribution in [0.3, 0.4) is 0 Å². The van der Waals surface area contributed by atoms with Crippen molar-refractivity contribution >= 4 is 11.8 Å². The van der Waals surface area contributed by atoms with Crippen LogP contribution in [0, 0.1) is 0 Å².